The van der Waals surface area contributed by atoms with Crippen LogP contribution in [0.15, 0.2) is 90.5 Å². The van der Waals surface area contributed by atoms with Crippen LogP contribution in [0.3, 0.4) is 0 Å². The minimum atomic E-state index is -0.361. The Labute approximate surface area is 221 Å². The lowest BCUT2D eigenvalue weighted by Gasteiger charge is -2.18. The van der Waals surface area contributed by atoms with E-state index in [2.05, 4.69) is 10.6 Å². The van der Waals surface area contributed by atoms with Gasteiger partial charge in [0.25, 0.3) is 5.91 Å². The minimum absolute atomic E-state index is 0.0840. The fraction of sp³-hybridized carbons (Fsp3) is 0.226. The monoisotopic (exact) mass is 507 g/mol. The van der Waals surface area contributed by atoms with Gasteiger partial charge in [0.2, 0.25) is 17.7 Å². The van der Waals surface area contributed by atoms with Gasteiger partial charge >= 0.3 is 0 Å². The van der Waals surface area contributed by atoms with Crippen molar-refractivity contribution in [3.05, 3.63) is 102 Å². The number of amides is 4. The van der Waals surface area contributed by atoms with Gasteiger partial charge in [-0.25, -0.2) is 0 Å². The average molecular weight is 508 g/mol. The van der Waals surface area contributed by atoms with E-state index in [0.717, 1.165) is 11.1 Å². The molecule has 0 radical (unpaired) electrons. The van der Waals surface area contributed by atoms with Crippen molar-refractivity contribution in [2.75, 3.05) is 15.5 Å². The number of aryl methyl sites for hydroxylation is 1. The van der Waals surface area contributed by atoms with Gasteiger partial charge in [0, 0.05) is 23.4 Å². The first-order chi connectivity index (χ1) is 18.4. The molecular formula is C31H29N3O4. The smallest absolute Gasteiger partial charge is 0.255 e. The molecule has 1 heterocycles. The molecule has 0 saturated carbocycles. The van der Waals surface area contributed by atoms with Crippen LogP contribution >= 0.6 is 0 Å². The summed E-state index contributed by atoms with van der Waals surface area (Å²) in [4.78, 5) is 52.5. The summed E-state index contributed by atoms with van der Waals surface area (Å²) in [6, 6.07) is 23.3. The van der Waals surface area contributed by atoms with Crippen molar-refractivity contribution in [2.24, 2.45) is 11.8 Å². The molecule has 2 aliphatic rings. The predicted molar refractivity (Wildman–Crippen MR) is 147 cm³/mol. The second-order valence-corrected chi connectivity index (χ2v) is 9.83. The molecule has 0 spiro atoms. The van der Waals surface area contributed by atoms with Gasteiger partial charge in [-0.1, -0.05) is 48.0 Å². The molecule has 1 aliphatic carbocycles. The zero-order chi connectivity index (χ0) is 26.6. The Bertz CT molecular complexity index is 1410. The van der Waals surface area contributed by atoms with Gasteiger partial charge in [-0.2, -0.15) is 0 Å². The Morgan fingerprint density at radius 3 is 2.26 bits per heavy atom. The number of hydrogen-bond donors (Lipinski definition) is 2. The van der Waals surface area contributed by atoms with Crippen LogP contribution < -0.4 is 15.5 Å². The van der Waals surface area contributed by atoms with Crippen LogP contribution in [0.4, 0.5) is 17.1 Å². The van der Waals surface area contributed by atoms with Crippen LogP contribution in [-0.2, 0) is 20.8 Å². The Morgan fingerprint density at radius 2 is 1.53 bits per heavy atom. The van der Waals surface area contributed by atoms with E-state index in [4.69, 9.17) is 0 Å². The summed E-state index contributed by atoms with van der Waals surface area (Å²) in [5.41, 5.74) is 4.18. The standard InChI is InChI=1S/C31H29N3O4/c1-20-10-16-26-27(18-20)31(38)34(30(26)37)25-9-5-8-22(19-25)29(36)33-24-14-12-23(13-15-24)32-28(35)17-11-21-6-3-2-4-7-21/h2-10,12-15,19,26-27H,11,16-18H2,1H3,(H,32,35)(H,33,36)/t26-,27+/m1/s1. The molecule has 1 fully saturated rings. The second kappa shape index (κ2) is 10.8. The van der Waals surface area contributed by atoms with Crippen LogP contribution in [0, 0.1) is 11.8 Å². The van der Waals surface area contributed by atoms with E-state index in [1.165, 1.54) is 4.90 Å². The maximum absolute atomic E-state index is 13.0. The highest BCUT2D eigenvalue weighted by molar-refractivity contribution is 6.22. The molecule has 7 heteroatoms. The van der Waals surface area contributed by atoms with Crippen LogP contribution in [-0.4, -0.2) is 23.6 Å². The van der Waals surface area contributed by atoms with Crippen molar-refractivity contribution in [3.8, 4) is 0 Å². The number of nitrogens with one attached hydrogen (secondary N) is 2. The minimum Gasteiger partial charge on any atom is -0.326 e. The van der Waals surface area contributed by atoms with Gasteiger partial charge in [0.15, 0.2) is 0 Å². The van der Waals surface area contributed by atoms with E-state index >= 15 is 0 Å². The summed E-state index contributed by atoms with van der Waals surface area (Å²) >= 11 is 0. The van der Waals surface area contributed by atoms with Crippen molar-refractivity contribution < 1.29 is 19.2 Å². The summed E-state index contributed by atoms with van der Waals surface area (Å²) in [6.45, 7) is 1.98. The van der Waals surface area contributed by atoms with Crippen molar-refractivity contribution in [2.45, 2.75) is 32.6 Å². The van der Waals surface area contributed by atoms with Crippen LogP contribution in [0.5, 0.6) is 0 Å². The molecule has 3 aromatic carbocycles. The highest BCUT2D eigenvalue weighted by Crippen LogP contribution is 2.39. The molecule has 0 bridgehead atoms. The number of benzene rings is 3. The van der Waals surface area contributed by atoms with Crippen molar-refractivity contribution >= 4 is 40.7 Å². The first-order valence-corrected chi connectivity index (χ1v) is 12.8. The van der Waals surface area contributed by atoms with E-state index in [9.17, 15) is 19.2 Å². The molecule has 3 aromatic rings. The third-order valence-corrected chi connectivity index (χ3v) is 7.10. The zero-order valence-corrected chi connectivity index (χ0v) is 21.1. The first-order valence-electron chi connectivity index (χ1n) is 12.8. The molecule has 1 saturated heterocycles. The average Bonchev–Trinajstić information content (AvgIpc) is 3.18. The highest BCUT2D eigenvalue weighted by Gasteiger charge is 2.48. The van der Waals surface area contributed by atoms with E-state index < -0.39 is 0 Å². The second-order valence-electron chi connectivity index (χ2n) is 9.83. The van der Waals surface area contributed by atoms with Gasteiger partial charge in [0.1, 0.15) is 0 Å². The SMILES string of the molecule is CC1=CC[C@H]2C(=O)N(c3cccc(C(=O)Nc4ccc(NC(=O)CCc5ccccc5)cc4)c3)C(=O)[C@H]2C1. The highest BCUT2D eigenvalue weighted by atomic mass is 16.2. The summed E-state index contributed by atoms with van der Waals surface area (Å²) in [5.74, 6) is -1.52. The van der Waals surface area contributed by atoms with Crippen molar-refractivity contribution in [1.29, 1.82) is 0 Å². The van der Waals surface area contributed by atoms with E-state index in [0.29, 0.717) is 48.3 Å². The quantitative estimate of drug-likeness (QED) is 0.333. The van der Waals surface area contributed by atoms with Gasteiger partial charge < -0.3 is 10.6 Å². The number of rotatable bonds is 7. The lowest BCUT2D eigenvalue weighted by atomic mass is 9.82. The Morgan fingerprint density at radius 1 is 0.842 bits per heavy atom. The molecule has 0 aromatic heterocycles. The number of allylic oxidation sites excluding steroid dienone is 2. The van der Waals surface area contributed by atoms with Crippen LogP contribution in [0.25, 0.3) is 0 Å². The molecule has 5 rings (SSSR count). The number of fused-ring (bicyclic) bond motifs is 1. The maximum Gasteiger partial charge on any atom is 0.255 e. The third kappa shape index (κ3) is 5.42. The lowest BCUT2D eigenvalue weighted by molar-refractivity contribution is -0.122. The Hall–Kier alpha value is -4.52. The van der Waals surface area contributed by atoms with Crippen LogP contribution in [0.2, 0.25) is 0 Å². The fourth-order valence-electron chi connectivity index (χ4n) is 5.04. The molecule has 4 amide bonds. The number of anilines is 3. The molecule has 38 heavy (non-hydrogen) atoms. The molecule has 192 valence electrons. The third-order valence-electron chi connectivity index (χ3n) is 7.10. The number of imide groups is 1. The van der Waals surface area contributed by atoms with Gasteiger partial charge in [0.05, 0.1) is 17.5 Å². The molecule has 0 unspecified atom stereocenters. The predicted octanol–water partition coefficient (Wildman–Crippen LogP) is 5.36. The zero-order valence-electron chi connectivity index (χ0n) is 21.1. The maximum atomic E-state index is 13.0. The molecule has 2 atom stereocenters. The summed E-state index contributed by atoms with van der Waals surface area (Å²) in [7, 11) is 0. The van der Waals surface area contributed by atoms with Gasteiger partial charge in [-0.3, -0.25) is 24.1 Å². The van der Waals surface area contributed by atoms with Crippen LogP contribution in [0.1, 0.15) is 42.1 Å². The number of nitrogens with zero attached hydrogens (tertiary/aromatic N) is 1. The van der Waals surface area contributed by atoms with Crippen molar-refractivity contribution in [3.63, 3.8) is 0 Å². The first kappa shape index (κ1) is 25.1. The van der Waals surface area contributed by atoms with Gasteiger partial charge in [-0.05, 0) is 74.2 Å². The van der Waals surface area contributed by atoms with E-state index in [1.54, 1.807) is 48.5 Å². The molecule has 7 nitrogen and oxygen atoms in total. The van der Waals surface area contributed by atoms with Crippen molar-refractivity contribution in [1.82, 2.24) is 0 Å². The van der Waals surface area contributed by atoms with E-state index in [-0.39, 0.29) is 35.5 Å². The lowest BCUT2D eigenvalue weighted by Crippen LogP contribution is -2.31. The summed E-state index contributed by atoms with van der Waals surface area (Å²) < 4.78 is 0. The summed E-state index contributed by atoms with van der Waals surface area (Å²) in [6.07, 6.45) is 4.22. The Kier molecular flexibility index (Phi) is 7.18. The topological polar surface area (TPSA) is 95.6 Å². The fourth-order valence-corrected chi connectivity index (χ4v) is 5.04. The van der Waals surface area contributed by atoms with Gasteiger partial charge in [-0.15, -0.1) is 0 Å². The number of hydrogen-bond acceptors (Lipinski definition) is 4. The molecular weight excluding hydrogens is 478 g/mol. The Balaban J connectivity index is 1.19. The number of carbonyl (C=O) groups excluding carboxylic acids is 4. The summed E-state index contributed by atoms with van der Waals surface area (Å²) in [5, 5.41) is 5.70. The number of carbonyl (C=O) groups is 4. The largest absolute Gasteiger partial charge is 0.326 e. The van der Waals surface area contributed by atoms with E-state index in [1.807, 2.05) is 43.3 Å². The molecule has 1 aliphatic heterocycles. The normalized spacial score (nSPS) is 18.6. The molecule has 2 N–H and O–H groups in total.